The van der Waals surface area contributed by atoms with Crippen molar-refractivity contribution in [1.29, 1.82) is 0 Å². The molecule has 3 aromatic rings. The normalized spacial score (nSPS) is 10.8. The average Bonchev–Trinajstić information content (AvgIpc) is 2.91. The van der Waals surface area contributed by atoms with Crippen LogP contribution in [0.25, 0.3) is 11.0 Å². The summed E-state index contributed by atoms with van der Waals surface area (Å²) < 4.78 is 5.08. The first-order valence-electron chi connectivity index (χ1n) is 5.97. The highest BCUT2D eigenvalue weighted by atomic mass is 32.1. The monoisotopic (exact) mass is 286 g/mol. The Bertz CT molecular complexity index is 831. The lowest BCUT2D eigenvalue weighted by atomic mass is 10.1. The van der Waals surface area contributed by atoms with Gasteiger partial charge in [0, 0.05) is 11.3 Å². The minimum Gasteiger partial charge on any atom is -0.506 e. The van der Waals surface area contributed by atoms with E-state index in [1.165, 1.54) is 11.3 Å². The first-order chi connectivity index (χ1) is 9.66. The lowest BCUT2D eigenvalue weighted by Crippen LogP contribution is -2.16. The molecule has 4 nitrogen and oxygen atoms in total. The van der Waals surface area contributed by atoms with E-state index in [1.807, 2.05) is 17.5 Å². The Balaban J connectivity index is 2.11. The Labute approximate surface area is 117 Å². The van der Waals surface area contributed by atoms with Gasteiger partial charge in [-0.3, -0.25) is 4.79 Å². The first-order valence-corrected chi connectivity index (χ1v) is 6.85. The van der Waals surface area contributed by atoms with Gasteiger partial charge in [-0.15, -0.1) is 11.3 Å². The Morgan fingerprint density at radius 3 is 2.75 bits per heavy atom. The molecule has 0 amide bonds. The highest BCUT2D eigenvalue weighted by Crippen LogP contribution is 2.27. The standard InChI is InChI=1S/C15H10O4S/c16-11(8-9-4-3-7-20-9)13-14(17)10-5-1-2-6-12(10)19-15(13)18/h1-7,17H,8H2. The van der Waals surface area contributed by atoms with Gasteiger partial charge in [-0.1, -0.05) is 18.2 Å². The molecule has 2 heterocycles. The van der Waals surface area contributed by atoms with Gasteiger partial charge in [-0.2, -0.15) is 0 Å². The van der Waals surface area contributed by atoms with Crippen LogP contribution in [0.5, 0.6) is 5.75 Å². The van der Waals surface area contributed by atoms with Crippen LogP contribution in [0.4, 0.5) is 0 Å². The zero-order chi connectivity index (χ0) is 14.1. The van der Waals surface area contributed by atoms with Gasteiger partial charge >= 0.3 is 5.63 Å². The van der Waals surface area contributed by atoms with Gasteiger partial charge in [0.2, 0.25) is 0 Å². The van der Waals surface area contributed by atoms with E-state index in [4.69, 9.17) is 4.42 Å². The lowest BCUT2D eigenvalue weighted by Gasteiger charge is -2.04. The smallest absolute Gasteiger partial charge is 0.351 e. The van der Waals surface area contributed by atoms with Crippen LogP contribution < -0.4 is 5.63 Å². The second-order valence-electron chi connectivity index (χ2n) is 4.29. The minimum absolute atomic E-state index is 0.0777. The number of fused-ring (bicyclic) bond motifs is 1. The molecule has 0 saturated carbocycles. The highest BCUT2D eigenvalue weighted by Gasteiger charge is 2.21. The molecule has 1 N–H and O–H groups in total. The van der Waals surface area contributed by atoms with Gasteiger partial charge in [0.15, 0.2) is 5.78 Å². The molecule has 0 radical (unpaired) electrons. The van der Waals surface area contributed by atoms with E-state index in [2.05, 4.69) is 0 Å². The lowest BCUT2D eigenvalue weighted by molar-refractivity contribution is 0.0987. The fourth-order valence-electron chi connectivity index (χ4n) is 2.04. The molecule has 20 heavy (non-hydrogen) atoms. The number of hydrogen-bond donors (Lipinski definition) is 1. The van der Waals surface area contributed by atoms with Crippen LogP contribution in [0.2, 0.25) is 0 Å². The Hall–Kier alpha value is -2.40. The van der Waals surface area contributed by atoms with E-state index in [9.17, 15) is 14.7 Å². The molecule has 0 spiro atoms. The van der Waals surface area contributed by atoms with E-state index in [0.717, 1.165) is 4.88 Å². The van der Waals surface area contributed by atoms with E-state index in [-0.39, 0.29) is 23.3 Å². The summed E-state index contributed by atoms with van der Waals surface area (Å²) in [5, 5.41) is 12.4. The van der Waals surface area contributed by atoms with Crippen molar-refractivity contribution in [3.8, 4) is 5.75 Å². The summed E-state index contributed by atoms with van der Waals surface area (Å²) in [6, 6.07) is 10.2. The zero-order valence-corrected chi connectivity index (χ0v) is 11.1. The molecule has 100 valence electrons. The molecule has 0 fully saturated rings. The van der Waals surface area contributed by atoms with Crippen molar-refractivity contribution in [1.82, 2.24) is 0 Å². The number of carbonyl (C=O) groups excluding carboxylic acids is 1. The average molecular weight is 286 g/mol. The third-order valence-electron chi connectivity index (χ3n) is 2.98. The van der Waals surface area contributed by atoms with Crippen molar-refractivity contribution in [2.45, 2.75) is 6.42 Å². The Kier molecular flexibility index (Phi) is 3.12. The van der Waals surface area contributed by atoms with Gasteiger partial charge in [-0.25, -0.2) is 4.79 Å². The summed E-state index contributed by atoms with van der Waals surface area (Å²) in [6.45, 7) is 0. The molecule has 3 rings (SSSR count). The van der Waals surface area contributed by atoms with E-state index in [0.29, 0.717) is 5.39 Å². The van der Waals surface area contributed by atoms with E-state index < -0.39 is 11.4 Å². The summed E-state index contributed by atoms with van der Waals surface area (Å²) in [4.78, 5) is 24.9. The topological polar surface area (TPSA) is 67.5 Å². The zero-order valence-electron chi connectivity index (χ0n) is 10.3. The first kappa shape index (κ1) is 12.6. The van der Waals surface area contributed by atoms with Gasteiger partial charge in [-0.05, 0) is 23.6 Å². The number of ketones is 1. The van der Waals surface area contributed by atoms with Crippen LogP contribution in [0.1, 0.15) is 15.2 Å². The van der Waals surface area contributed by atoms with E-state index >= 15 is 0 Å². The number of aromatic hydroxyl groups is 1. The molecule has 0 bridgehead atoms. The second kappa shape index (κ2) is 4.94. The van der Waals surface area contributed by atoms with Gasteiger partial charge < -0.3 is 9.52 Å². The Morgan fingerprint density at radius 1 is 1.20 bits per heavy atom. The minimum atomic E-state index is -0.803. The molecule has 0 atom stereocenters. The van der Waals surface area contributed by atoms with Crippen molar-refractivity contribution in [2.75, 3.05) is 0 Å². The van der Waals surface area contributed by atoms with Crippen LogP contribution >= 0.6 is 11.3 Å². The largest absolute Gasteiger partial charge is 0.506 e. The molecule has 0 aliphatic carbocycles. The van der Waals surface area contributed by atoms with Crippen LogP contribution in [0, 0.1) is 0 Å². The molecule has 0 aliphatic rings. The molecule has 0 aliphatic heterocycles. The van der Waals surface area contributed by atoms with E-state index in [1.54, 1.807) is 24.3 Å². The van der Waals surface area contributed by atoms with Gasteiger partial charge in [0.05, 0.1) is 5.39 Å². The summed E-state index contributed by atoms with van der Waals surface area (Å²) in [7, 11) is 0. The third-order valence-corrected chi connectivity index (χ3v) is 3.86. The maximum Gasteiger partial charge on any atom is 0.351 e. The van der Waals surface area contributed by atoms with Crippen LogP contribution in [0.3, 0.4) is 0 Å². The van der Waals surface area contributed by atoms with Crippen LogP contribution in [-0.2, 0) is 6.42 Å². The summed E-state index contributed by atoms with van der Waals surface area (Å²) >= 11 is 1.43. The number of thiophene rings is 1. The summed E-state index contributed by atoms with van der Waals surface area (Å²) in [5.74, 6) is -0.747. The molecule has 0 unspecified atom stereocenters. The number of rotatable bonds is 3. The van der Waals surface area contributed by atoms with Crippen molar-refractivity contribution in [3.05, 3.63) is 62.6 Å². The SMILES string of the molecule is O=C(Cc1cccs1)c1c(O)c2ccccc2oc1=O. The van der Waals surface area contributed by atoms with Crippen molar-refractivity contribution < 1.29 is 14.3 Å². The quantitative estimate of drug-likeness (QED) is 0.593. The molecular formula is C15H10O4S. The predicted molar refractivity (Wildman–Crippen MR) is 76.5 cm³/mol. The highest BCUT2D eigenvalue weighted by molar-refractivity contribution is 7.10. The molecule has 5 heteroatoms. The van der Waals surface area contributed by atoms with Crippen molar-refractivity contribution in [3.63, 3.8) is 0 Å². The maximum atomic E-state index is 12.2. The molecular weight excluding hydrogens is 276 g/mol. The molecule has 1 aromatic carbocycles. The third kappa shape index (κ3) is 2.12. The number of hydrogen-bond acceptors (Lipinski definition) is 5. The van der Waals surface area contributed by atoms with Gasteiger partial charge in [0.25, 0.3) is 0 Å². The summed E-state index contributed by atoms with van der Waals surface area (Å²) in [6.07, 6.45) is 0.0777. The number of benzene rings is 1. The second-order valence-corrected chi connectivity index (χ2v) is 5.32. The maximum absolute atomic E-state index is 12.2. The predicted octanol–water partition coefficient (Wildman–Crippen LogP) is 2.99. The van der Waals surface area contributed by atoms with Crippen molar-refractivity contribution in [2.24, 2.45) is 0 Å². The van der Waals surface area contributed by atoms with Gasteiger partial charge in [0.1, 0.15) is 16.9 Å². The number of carbonyl (C=O) groups is 1. The molecule has 0 saturated heterocycles. The molecule has 2 aromatic heterocycles. The Morgan fingerprint density at radius 2 is 2.00 bits per heavy atom. The fraction of sp³-hybridized carbons (Fsp3) is 0.0667. The number of Topliss-reactive ketones (excluding diaryl/α,β-unsaturated/α-hetero) is 1. The van der Waals surface area contributed by atoms with Crippen LogP contribution in [-0.4, -0.2) is 10.9 Å². The fourth-order valence-corrected chi connectivity index (χ4v) is 2.74. The number of para-hydroxylation sites is 1. The summed E-state index contributed by atoms with van der Waals surface area (Å²) in [5.41, 5.74) is -0.817. The van der Waals surface area contributed by atoms with Crippen LogP contribution in [0.15, 0.2) is 51.0 Å². The van der Waals surface area contributed by atoms with Crippen molar-refractivity contribution >= 4 is 28.1 Å².